The number of carbonyl (C=O) groups excluding carboxylic acids is 4. The zero-order chi connectivity index (χ0) is 41.7. The molecule has 57 heavy (non-hydrogen) atoms. The molecule has 0 bridgehead atoms. The van der Waals surface area contributed by atoms with Crippen molar-refractivity contribution in [1.29, 1.82) is 0 Å². The van der Waals surface area contributed by atoms with Gasteiger partial charge in [-0.3, -0.25) is 19.1 Å². The number of sulfonamides is 1. The van der Waals surface area contributed by atoms with Crippen molar-refractivity contribution in [3.8, 4) is 29.2 Å². The molecular weight excluding hydrogens is 761 g/mol. The molecule has 2 saturated carbocycles. The molecule has 18 heteroatoms. The first-order valence-electron chi connectivity index (χ1n) is 18.6. The molecule has 2 aromatic heterocycles. The van der Waals surface area contributed by atoms with Gasteiger partial charge in [-0.25, -0.2) is 23.2 Å². The van der Waals surface area contributed by atoms with Crippen LogP contribution in [0.1, 0.15) is 67.2 Å². The van der Waals surface area contributed by atoms with Gasteiger partial charge in [0.15, 0.2) is 0 Å². The second-order valence-electron chi connectivity index (χ2n) is 16.7. The smallest absolute Gasteiger partial charge is 0.408 e. The highest BCUT2D eigenvalue weighted by atomic mass is 32.2. The molecule has 5 atom stereocenters. The van der Waals surface area contributed by atoms with Crippen LogP contribution in [0.25, 0.3) is 22.4 Å². The molecule has 1 aromatic carbocycles. The number of hydrogen-bond donors (Lipinski definition) is 3. The van der Waals surface area contributed by atoms with E-state index >= 15 is 0 Å². The molecule has 3 aromatic rings. The topological polar surface area (TPSA) is 218 Å². The first-order valence-corrected chi connectivity index (χ1v) is 20.2. The summed E-state index contributed by atoms with van der Waals surface area (Å²) in [5.41, 5.74) is -3.02. The monoisotopic (exact) mass is 810 g/mol. The highest BCUT2D eigenvalue weighted by molar-refractivity contribution is 7.91. The molecule has 1 aliphatic heterocycles. The predicted molar refractivity (Wildman–Crippen MR) is 207 cm³/mol. The Labute approximate surface area is 331 Å². The van der Waals surface area contributed by atoms with Crippen molar-refractivity contribution >= 4 is 44.6 Å². The molecule has 6 rings (SSSR count). The summed E-state index contributed by atoms with van der Waals surface area (Å²) in [7, 11) is -0.959. The van der Waals surface area contributed by atoms with Crippen molar-refractivity contribution < 1.29 is 51.0 Å². The summed E-state index contributed by atoms with van der Waals surface area (Å²) in [6.07, 6.45) is 2.14. The Balaban J connectivity index is 1.35. The molecule has 0 spiro atoms. The lowest BCUT2D eigenvalue weighted by atomic mass is 9.85. The van der Waals surface area contributed by atoms with Gasteiger partial charge in [-0.15, -0.1) is 6.58 Å². The number of pyridine rings is 1. The quantitative estimate of drug-likeness (QED) is 0.209. The van der Waals surface area contributed by atoms with Gasteiger partial charge in [0.1, 0.15) is 47.0 Å². The molecule has 2 unspecified atom stereocenters. The number of hydrogen-bond acceptors (Lipinski definition) is 13. The molecule has 17 nitrogen and oxygen atoms in total. The van der Waals surface area contributed by atoms with E-state index in [1.807, 2.05) is 0 Å². The summed E-state index contributed by atoms with van der Waals surface area (Å²) in [6, 6.07) is 4.63. The van der Waals surface area contributed by atoms with E-state index in [9.17, 15) is 27.6 Å². The maximum absolute atomic E-state index is 14.6. The molecule has 3 aliphatic rings. The van der Waals surface area contributed by atoms with E-state index in [4.69, 9.17) is 28.3 Å². The van der Waals surface area contributed by atoms with Crippen LogP contribution in [-0.2, 0) is 29.1 Å². The number of fused-ring (bicyclic) bond motifs is 1. The lowest BCUT2D eigenvalue weighted by Crippen LogP contribution is -2.60. The van der Waals surface area contributed by atoms with Crippen LogP contribution in [0.3, 0.4) is 0 Å². The van der Waals surface area contributed by atoms with E-state index in [-0.39, 0.29) is 37.1 Å². The first-order chi connectivity index (χ1) is 26.7. The fourth-order valence-electron chi connectivity index (χ4n) is 6.79. The maximum atomic E-state index is 14.6. The number of nitrogens with zero attached hydrogens (tertiary/aromatic N) is 3. The number of oxazole rings is 1. The average molecular weight is 811 g/mol. The SMILES string of the molecule is C=CC1C[C@]1(NC(=O)[C@@H]1CC(Oc2nc(-c3ncc(OC)o3)cc3cc(OC)ccc23)CN1C(=O)[C@@H](NC(=O)OC(C)(C)C)C(C)(C)C)C(=O)NS(=O)(=O)C1CC1. The Kier molecular flexibility index (Phi) is 11.0. The fraction of sp³-hybridized carbons (Fsp3) is 0.538. The van der Waals surface area contributed by atoms with Gasteiger partial charge in [-0.1, -0.05) is 26.8 Å². The number of nitrogens with one attached hydrogen (secondary N) is 3. The number of carbonyl (C=O) groups is 4. The van der Waals surface area contributed by atoms with Crippen molar-refractivity contribution in [3.63, 3.8) is 0 Å². The lowest BCUT2D eigenvalue weighted by molar-refractivity contribution is -0.143. The Morgan fingerprint density at radius 3 is 2.37 bits per heavy atom. The van der Waals surface area contributed by atoms with E-state index in [2.05, 4.69) is 26.9 Å². The summed E-state index contributed by atoms with van der Waals surface area (Å²) in [5, 5.41) is 6.06. The van der Waals surface area contributed by atoms with Crippen LogP contribution in [0.5, 0.6) is 17.6 Å². The van der Waals surface area contributed by atoms with Gasteiger partial charge in [0.05, 0.1) is 26.0 Å². The van der Waals surface area contributed by atoms with E-state index in [1.165, 1.54) is 31.4 Å². The first kappa shape index (κ1) is 41.2. The Morgan fingerprint density at radius 2 is 1.79 bits per heavy atom. The summed E-state index contributed by atoms with van der Waals surface area (Å²) in [5.74, 6) is -1.73. The van der Waals surface area contributed by atoms with Gasteiger partial charge in [0.25, 0.3) is 5.91 Å². The highest BCUT2D eigenvalue weighted by Crippen LogP contribution is 2.46. The minimum Gasteiger partial charge on any atom is -0.497 e. The molecular formula is C39H50N6O11S. The standard InChI is InChI=1S/C39H50N6O11S/c1-10-22-18-39(22,35(48)44-57(50,51)25-12-13-25)43-31(46)28-17-24(20-45(28)34(47)30(37(2,3)4)42-36(49)56-38(5,6)7)54-32-26-14-11-23(52-8)15-21(26)16-27(41-32)33-40-19-29(53-9)55-33/h10-11,14-16,19,22,24-25,28,30H,1,12-13,17-18,20H2,2-9H3,(H,42,49)(H,43,46)(H,44,48)/t22?,24?,28-,30+,39+/m0/s1. The zero-order valence-electron chi connectivity index (χ0n) is 33.3. The average Bonchev–Trinajstić information content (AvgIpc) is 4.02. The molecule has 3 N–H and O–H groups in total. The van der Waals surface area contributed by atoms with E-state index in [0.717, 1.165) is 0 Å². The zero-order valence-corrected chi connectivity index (χ0v) is 34.2. The van der Waals surface area contributed by atoms with Crippen LogP contribution in [0.2, 0.25) is 0 Å². The molecule has 3 heterocycles. The highest BCUT2D eigenvalue weighted by Gasteiger charge is 2.62. The van der Waals surface area contributed by atoms with Crippen molar-refractivity contribution in [2.45, 2.75) is 102 Å². The third-order valence-corrected chi connectivity index (χ3v) is 11.9. The number of ether oxygens (including phenoxy) is 4. The second-order valence-corrected chi connectivity index (χ2v) is 18.7. The van der Waals surface area contributed by atoms with Crippen molar-refractivity contribution in [3.05, 3.63) is 43.1 Å². The Bertz CT molecular complexity index is 2190. The molecule has 4 amide bonds. The normalized spacial score (nSPS) is 22.6. The van der Waals surface area contributed by atoms with E-state index < -0.39 is 79.7 Å². The number of alkyl carbamates (subject to hydrolysis) is 1. The van der Waals surface area contributed by atoms with Crippen molar-refractivity contribution in [2.75, 3.05) is 20.8 Å². The number of rotatable bonds is 13. The van der Waals surface area contributed by atoms with E-state index in [1.54, 1.807) is 65.8 Å². The third-order valence-electron chi connectivity index (χ3n) is 10.1. The number of aromatic nitrogens is 2. The summed E-state index contributed by atoms with van der Waals surface area (Å²) >= 11 is 0. The van der Waals surface area contributed by atoms with Crippen LogP contribution in [0, 0.1) is 11.3 Å². The van der Waals surface area contributed by atoms with Gasteiger partial charge >= 0.3 is 12.0 Å². The van der Waals surface area contributed by atoms with E-state index in [0.29, 0.717) is 35.1 Å². The number of amides is 4. The summed E-state index contributed by atoms with van der Waals surface area (Å²) < 4.78 is 56.0. The molecule has 1 saturated heterocycles. The minimum absolute atomic E-state index is 0.0614. The molecule has 0 radical (unpaired) electrons. The van der Waals surface area contributed by atoms with Gasteiger partial charge in [-0.2, -0.15) is 0 Å². The summed E-state index contributed by atoms with van der Waals surface area (Å²) in [6.45, 7) is 14.0. The summed E-state index contributed by atoms with van der Waals surface area (Å²) in [4.78, 5) is 66.0. The second kappa shape index (κ2) is 15.2. The van der Waals surface area contributed by atoms with Crippen molar-refractivity contribution in [1.82, 2.24) is 30.2 Å². The number of methoxy groups -OCH3 is 2. The third kappa shape index (κ3) is 8.95. The van der Waals surface area contributed by atoms with Crippen LogP contribution in [0.15, 0.2) is 47.5 Å². The van der Waals surface area contributed by atoms with Crippen LogP contribution in [-0.4, -0.2) is 102 Å². The fourth-order valence-corrected chi connectivity index (χ4v) is 8.16. The minimum atomic E-state index is -3.94. The maximum Gasteiger partial charge on any atom is 0.408 e. The molecule has 3 fully saturated rings. The van der Waals surface area contributed by atoms with Crippen LogP contribution in [0.4, 0.5) is 4.79 Å². The Morgan fingerprint density at radius 1 is 1.07 bits per heavy atom. The number of likely N-dealkylation sites (tertiary alicyclic amines) is 1. The van der Waals surface area contributed by atoms with Gasteiger partial charge < -0.3 is 38.9 Å². The van der Waals surface area contributed by atoms with Crippen molar-refractivity contribution in [2.24, 2.45) is 11.3 Å². The molecule has 2 aliphatic carbocycles. The lowest BCUT2D eigenvalue weighted by Gasteiger charge is -2.36. The number of benzene rings is 1. The Hall–Kier alpha value is -5.39. The predicted octanol–water partition coefficient (Wildman–Crippen LogP) is 3.86. The largest absolute Gasteiger partial charge is 0.497 e. The van der Waals surface area contributed by atoms with Gasteiger partial charge in [-0.05, 0) is 75.1 Å². The van der Waals surface area contributed by atoms with Crippen LogP contribution >= 0.6 is 0 Å². The van der Waals surface area contributed by atoms with Gasteiger partial charge in [0, 0.05) is 17.7 Å². The van der Waals surface area contributed by atoms with Crippen LogP contribution < -0.4 is 29.6 Å². The molecule has 308 valence electrons. The van der Waals surface area contributed by atoms with Gasteiger partial charge in [0.2, 0.25) is 33.6 Å².